The summed E-state index contributed by atoms with van der Waals surface area (Å²) in [6.45, 7) is 12.1. The number of benzene rings is 1. The molecule has 0 bridgehead atoms. The molecule has 10 N–H and O–H groups in total. The van der Waals surface area contributed by atoms with Gasteiger partial charge in [0.05, 0.1) is 12.5 Å². The van der Waals surface area contributed by atoms with Crippen LogP contribution in [0, 0.1) is 23.5 Å². The number of nitrogens with zero attached hydrogens (tertiary/aromatic N) is 1. The molecule has 2 rings (SSSR count). The Hall–Kier alpha value is -6.93. The number of nitrogens with one attached hydrogen (secondary N) is 6. The van der Waals surface area contributed by atoms with E-state index in [9.17, 15) is 63.4 Å². The van der Waals surface area contributed by atoms with Crippen LogP contribution in [0.2, 0.25) is 0 Å². The molecule has 356 valence electrons. The number of aryl methyl sites for hydroxylation is 1. The molecule has 7 amide bonds. The van der Waals surface area contributed by atoms with Crippen LogP contribution < -0.4 is 42.4 Å². The first kappa shape index (κ1) is 54.2. The minimum atomic E-state index is -1.86. The lowest BCUT2D eigenvalue weighted by Crippen LogP contribution is -2.62. The zero-order valence-corrected chi connectivity index (χ0v) is 37.7. The first-order chi connectivity index (χ1) is 30.4. The van der Waals surface area contributed by atoms with Gasteiger partial charge in [-0.2, -0.15) is 4.73 Å². The van der Waals surface area contributed by atoms with E-state index in [-0.39, 0.29) is 29.9 Å². The van der Waals surface area contributed by atoms with E-state index in [0.29, 0.717) is 24.0 Å². The van der Waals surface area contributed by atoms with Gasteiger partial charge < -0.3 is 53.1 Å². The number of hydrogen-bond acceptors (Lipinski definition) is 11. The molecule has 0 saturated heterocycles. The Labute approximate surface area is 377 Å². The first-order valence-corrected chi connectivity index (χ1v) is 21.2. The summed E-state index contributed by atoms with van der Waals surface area (Å²) in [5, 5.41) is 46.1. The third-order valence-electron chi connectivity index (χ3n) is 10.1. The predicted molar refractivity (Wildman–Crippen MR) is 233 cm³/mol. The number of carboxylic acid groups (broad SMARTS) is 2. The predicted octanol–water partition coefficient (Wildman–Crippen LogP) is 0.0698. The average Bonchev–Trinajstić information content (AvgIpc) is 3.21. The van der Waals surface area contributed by atoms with Gasteiger partial charge in [0, 0.05) is 25.0 Å². The highest BCUT2D eigenvalue weighted by atomic mass is 16.5. The molecule has 21 nitrogen and oxygen atoms in total. The van der Waals surface area contributed by atoms with Gasteiger partial charge in [-0.25, -0.2) is 0 Å². The number of carbonyl (C=O) groups excluding carboxylic acids is 8. The van der Waals surface area contributed by atoms with E-state index in [4.69, 9.17) is 5.73 Å². The molecule has 0 aliphatic heterocycles. The summed E-state index contributed by atoms with van der Waals surface area (Å²) < 4.78 is 0.185. The second-order valence-electron chi connectivity index (χ2n) is 17.2. The molecule has 0 spiro atoms. The van der Waals surface area contributed by atoms with Crippen LogP contribution in [0.1, 0.15) is 108 Å². The van der Waals surface area contributed by atoms with Crippen molar-refractivity contribution < 1.29 is 62.9 Å². The van der Waals surface area contributed by atoms with Crippen LogP contribution in [0.5, 0.6) is 0 Å². The molecule has 0 aliphatic carbocycles. The first-order valence-electron chi connectivity index (χ1n) is 21.2. The lowest BCUT2D eigenvalue weighted by Gasteiger charge is -2.34. The van der Waals surface area contributed by atoms with E-state index in [1.165, 1.54) is 12.1 Å². The molecule has 1 aromatic carbocycles. The van der Waals surface area contributed by atoms with Gasteiger partial charge in [-0.1, -0.05) is 78.6 Å². The number of rotatable bonds is 26. The van der Waals surface area contributed by atoms with Crippen molar-refractivity contribution in [3.8, 4) is 0 Å². The fraction of sp³-hybridized carbons (Fsp3) is 0.523. The Kier molecular flexibility index (Phi) is 21.2. The summed E-state index contributed by atoms with van der Waals surface area (Å²) in [6, 6.07) is 1.74. The van der Waals surface area contributed by atoms with Gasteiger partial charge in [0.1, 0.15) is 30.2 Å². The highest BCUT2D eigenvalue weighted by Crippen LogP contribution is 2.21. The molecule has 0 unspecified atom stereocenters. The van der Waals surface area contributed by atoms with Crippen LogP contribution in [0.3, 0.4) is 0 Å². The number of primary amides is 1. The van der Waals surface area contributed by atoms with Crippen molar-refractivity contribution >= 4 is 59.1 Å². The molecule has 0 aliphatic rings. The number of aliphatic carboxylic acids is 2. The normalized spacial score (nSPS) is 14.0. The maximum Gasteiger partial charge on any atom is 0.318 e. The smallest absolute Gasteiger partial charge is 0.318 e. The summed E-state index contributed by atoms with van der Waals surface area (Å²) >= 11 is 0. The van der Waals surface area contributed by atoms with Gasteiger partial charge in [-0.3, -0.25) is 47.9 Å². The van der Waals surface area contributed by atoms with E-state index in [1.807, 2.05) is 6.92 Å². The summed E-state index contributed by atoms with van der Waals surface area (Å²) in [7, 11) is 0. The number of amides is 7. The minimum Gasteiger partial charge on any atom is -0.618 e. The number of hydrogen-bond donors (Lipinski definition) is 9. The molecule has 2 aromatic rings. The van der Waals surface area contributed by atoms with E-state index >= 15 is 0 Å². The van der Waals surface area contributed by atoms with E-state index < -0.39 is 126 Å². The van der Waals surface area contributed by atoms with Crippen molar-refractivity contribution in [3.05, 3.63) is 70.7 Å². The van der Waals surface area contributed by atoms with Crippen LogP contribution in [0.25, 0.3) is 0 Å². The standard InChI is InChI=1S/C44H62N8O13/c1-8-9-16-27(35(57)37(45)58)46-39(60)29(21-24(2)3)50-43(64)36(44(5,6)7)51-41(62)30(22-26-15-11-10-14-25(26)4)48-38(59)28(18-19-33(53)54)47-40(61)31(23-34(55)56)49-42(63)32-17-12-13-20-52(32)65/h10-15,17,20,24,27-31,36H,8-9,16,18-19,21-23H2,1-7H3,(H2,45,58)(H,46,60)(H,47,61)(H,48,59)(H,49,63)(H,50,64)(H,51,62)(H,53,54)(H,55,56)/t27-,28-,29-,30-,31-,36+/m0/s1. The monoisotopic (exact) mass is 910 g/mol. The second kappa shape index (κ2) is 25.4. The molecule has 0 radical (unpaired) electrons. The van der Waals surface area contributed by atoms with Crippen LogP contribution >= 0.6 is 0 Å². The number of aromatic nitrogens is 1. The molecule has 1 heterocycles. The highest BCUT2D eigenvalue weighted by Gasteiger charge is 2.39. The van der Waals surface area contributed by atoms with E-state index in [0.717, 1.165) is 12.3 Å². The van der Waals surface area contributed by atoms with Gasteiger partial charge in [0.2, 0.25) is 35.3 Å². The van der Waals surface area contributed by atoms with Crippen molar-refractivity contribution in [2.45, 2.75) is 136 Å². The zero-order chi connectivity index (χ0) is 49.2. The van der Waals surface area contributed by atoms with Crippen molar-refractivity contribution in [1.29, 1.82) is 0 Å². The summed E-state index contributed by atoms with van der Waals surface area (Å²) in [6.07, 6.45) is -0.0905. The fourth-order valence-corrected chi connectivity index (χ4v) is 6.57. The zero-order valence-electron chi connectivity index (χ0n) is 37.7. The largest absolute Gasteiger partial charge is 0.618 e. The average molecular weight is 911 g/mol. The van der Waals surface area contributed by atoms with E-state index in [1.54, 1.807) is 65.8 Å². The topological polar surface area (TPSA) is 336 Å². The van der Waals surface area contributed by atoms with Crippen LogP contribution in [-0.4, -0.2) is 106 Å². The number of pyridine rings is 1. The van der Waals surface area contributed by atoms with Crippen LogP contribution in [0.15, 0.2) is 48.7 Å². The Morgan fingerprint density at radius 2 is 1.25 bits per heavy atom. The van der Waals surface area contributed by atoms with Crippen molar-refractivity contribution in [2.24, 2.45) is 17.1 Å². The van der Waals surface area contributed by atoms with Gasteiger partial charge >= 0.3 is 17.8 Å². The quantitative estimate of drug-likeness (QED) is 0.0343. The lowest BCUT2D eigenvalue weighted by atomic mass is 9.85. The Morgan fingerprint density at radius 1 is 0.692 bits per heavy atom. The Bertz CT molecular complexity index is 2070. The number of ketones is 1. The highest BCUT2D eigenvalue weighted by molar-refractivity contribution is 6.37. The number of unbranched alkanes of at least 4 members (excludes halogenated alkanes) is 1. The SMILES string of the molecule is CCCC[C@H](NC(=O)[C@H](CC(C)C)NC(=O)[C@@H](NC(=O)[C@H](Cc1ccccc1C)NC(=O)[C@H](CCC(=O)O)NC(=O)[C@H](CC(=O)O)NC(=O)c1cccc[n+]1[O-])C(C)(C)C)C(=O)C(N)=O. The van der Waals surface area contributed by atoms with Crippen molar-refractivity contribution in [2.75, 3.05) is 0 Å². The van der Waals surface area contributed by atoms with Gasteiger partial charge in [0.25, 0.3) is 11.6 Å². The molecule has 1 aromatic heterocycles. The molecule has 0 saturated carbocycles. The third kappa shape index (κ3) is 18.0. The Morgan fingerprint density at radius 3 is 1.80 bits per heavy atom. The summed E-state index contributed by atoms with van der Waals surface area (Å²) in [4.78, 5) is 130. The van der Waals surface area contributed by atoms with Gasteiger partial charge in [-0.15, -0.1) is 0 Å². The maximum atomic E-state index is 14.4. The molecular weight excluding hydrogens is 849 g/mol. The second-order valence-corrected chi connectivity index (χ2v) is 17.2. The number of carbonyl (C=O) groups is 10. The van der Waals surface area contributed by atoms with Crippen LogP contribution in [-0.2, 0) is 49.6 Å². The molecule has 0 fully saturated rings. The number of nitrogens with two attached hydrogens (primary N) is 1. The minimum absolute atomic E-state index is 0.0883. The molecule has 65 heavy (non-hydrogen) atoms. The van der Waals surface area contributed by atoms with Crippen molar-refractivity contribution in [3.63, 3.8) is 0 Å². The number of Topliss-reactive ketones (excluding diaryl/α,β-unsaturated/α-hetero) is 1. The van der Waals surface area contributed by atoms with Gasteiger partial charge in [0.15, 0.2) is 6.20 Å². The van der Waals surface area contributed by atoms with Gasteiger partial charge in [-0.05, 0) is 54.7 Å². The molecule has 6 atom stereocenters. The maximum absolute atomic E-state index is 14.4. The molecule has 21 heteroatoms. The summed E-state index contributed by atoms with van der Waals surface area (Å²) in [5.74, 6) is -11.2. The fourth-order valence-electron chi connectivity index (χ4n) is 6.57. The third-order valence-corrected chi connectivity index (χ3v) is 10.1. The van der Waals surface area contributed by atoms with E-state index in [2.05, 4.69) is 31.9 Å². The number of carboxylic acids is 2. The summed E-state index contributed by atoms with van der Waals surface area (Å²) in [5.41, 5.74) is 5.00. The Balaban J connectivity index is 2.51. The van der Waals surface area contributed by atoms with Crippen molar-refractivity contribution in [1.82, 2.24) is 31.9 Å². The molecular formula is C44H62N8O13. The van der Waals surface area contributed by atoms with Crippen LogP contribution in [0.4, 0.5) is 0 Å². The lowest BCUT2D eigenvalue weighted by molar-refractivity contribution is -0.607.